The van der Waals surface area contributed by atoms with Crippen LogP contribution in [0, 0.1) is 17.5 Å². The molecule has 0 aromatic heterocycles. The Balaban J connectivity index is 2.03. The fraction of sp³-hybridized carbons (Fsp3) is 0.200. The van der Waals surface area contributed by atoms with Crippen LogP contribution in [-0.4, -0.2) is 32.9 Å². The first kappa shape index (κ1) is 17.3. The standard InChI is InChI=1S/C15H14F3NO3S/c1-19(8-9-22-15-5-3-2-4-13(15)17)23(20,21)11-6-7-12(16)14(18)10-11/h2-7,10H,8-9H2,1H3. The van der Waals surface area contributed by atoms with Crippen LogP contribution in [0.2, 0.25) is 0 Å². The van der Waals surface area contributed by atoms with Crippen molar-refractivity contribution >= 4 is 10.0 Å². The summed E-state index contributed by atoms with van der Waals surface area (Å²) in [6.07, 6.45) is 0. The lowest BCUT2D eigenvalue weighted by atomic mass is 10.3. The van der Waals surface area contributed by atoms with E-state index in [1.54, 1.807) is 6.07 Å². The third-order valence-corrected chi connectivity index (χ3v) is 4.95. The Morgan fingerprint density at radius 3 is 2.35 bits per heavy atom. The van der Waals surface area contributed by atoms with Gasteiger partial charge in [0.2, 0.25) is 10.0 Å². The van der Waals surface area contributed by atoms with Gasteiger partial charge in [-0.05, 0) is 30.3 Å². The molecule has 0 amide bonds. The number of benzene rings is 2. The quantitative estimate of drug-likeness (QED) is 0.809. The summed E-state index contributed by atoms with van der Waals surface area (Å²) in [5.74, 6) is -2.93. The molecule has 0 aliphatic heterocycles. The third kappa shape index (κ3) is 4.02. The Kier molecular flexibility index (Phi) is 5.27. The molecule has 2 rings (SSSR count). The second kappa shape index (κ2) is 7.01. The van der Waals surface area contributed by atoms with Gasteiger partial charge < -0.3 is 4.74 Å². The van der Waals surface area contributed by atoms with E-state index in [0.29, 0.717) is 6.07 Å². The Morgan fingerprint density at radius 1 is 1.00 bits per heavy atom. The maximum absolute atomic E-state index is 13.4. The van der Waals surface area contributed by atoms with Crippen LogP contribution in [0.3, 0.4) is 0 Å². The molecule has 2 aromatic rings. The van der Waals surface area contributed by atoms with Crippen molar-refractivity contribution in [1.82, 2.24) is 4.31 Å². The van der Waals surface area contributed by atoms with Crippen molar-refractivity contribution in [3.63, 3.8) is 0 Å². The minimum Gasteiger partial charge on any atom is -0.489 e. The monoisotopic (exact) mass is 345 g/mol. The lowest BCUT2D eigenvalue weighted by Gasteiger charge is -2.17. The predicted octanol–water partition coefficient (Wildman–Crippen LogP) is 2.80. The zero-order valence-electron chi connectivity index (χ0n) is 12.2. The van der Waals surface area contributed by atoms with Crippen LogP contribution in [0.4, 0.5) is 13.2 Å². The number of nitrogens with zero attached hydrogens (tertiary/aromatic N) is 1. The molecule has 0 spiro atoms. The van der Waals surface area contributed by atoms with Crippen LogP contribution in [0.25, 0.3) is 0 Å². The first-order chi connectivity index (χ1) is 10.8. The van der Waals surface area contributed by atoms with E-state index < -0.39 is 27.5 Å². The predicted molar refractivity (Wildman–Crippen MR) is 78.1 cm³/mol. The Hall–Kier alpha value is -2.06. The lowest BCUT2D eigenvalue weighted by molar-refractivity contribution is 0.275. The minimum absolute atomic E-state index is 0.00567. The van der Waals surface area contributed by atoms with Crippen LogP contribution in [0.15, 0.2) is 47.4 Å². The van der Waals surface area contributed by atoms with Gasteiger partial charge >= 0.3 is 0 Å². The number of sulfonamides is 1. The number of hydrogen-bond donors (Lipinski definition) is 0. The van der Waals surface area contributed by atoms with Crippen LogP contribution in [0.5, 0.6) is 5.75 Å². The zero-order valence-corrected chi connectivity index (χ0v) is 13.0. The number of ether oxygens (including phenoxy) is 1. The summed E-state index contributed by atoms with van der Waals surface area (Å²) in [6, 6.07) is 8.05. The van der Waals surface area contributed by atoms with Gasteiger partial charge in [-0.15, -0.1) is 0 Å². The number of likely N-dealkylation sites (N-methyl/N-ethyl adjacent to an activating group) is 1. The number of hydrogen-bond acceptors (Lipinski definition) is 3. The van der Waals surface area contributed by atoms with E-state index in [4.69, 9.17) is 4.74 Å². The summed E-state index contributed by atoms with van der Waals surface area (Å²) in [4.78, 5) is -0.371. The molecule has 2 aromatic carbocycles. The molecule has 0 aliphatic rings. The van der Waals surface area contributed by atoms with E-state index in [0.717, 1.165) is 16.4 Å². The average molecular weight is 345 g/mol. The first-order valence-corrected chi connectivity index (χ1v) is 8.05. The van der Waals surface area contributed by atoms with Gasteiger partial charge in [-0.2, -0.15) is 4.31 Å². The molecule has 4 nitrogen and oxygen atoms in total. The van der Waals surface area contributed by atoms with Gasteiger partial charge in [-0.25, -0.2) is 21.6 Å². The average Bonchev–Trinajstić information content (AvgIpc) is 2.51. The topological polar surface area (TPSA) is 46.6 Å². The highest BCUT2D eigenvalue weighted by atomic mass is 32.2. The zero-order chi connectivity index (χ0) is 17.0. The van der Waals surface area contributed by atoms with Crippen LogP contribution in [-0.2, 0) is 10.0 Å². The van der Waals surface area contributed by atoms with E-state index in [9.17, 15) is 21.6 Å². The van der Waals surface area contributed by atoms with Crippen molar-refractivity contribution in [3.8, 4) is 5.75 Å². The fourth-order valence-electron chi connectivity index (χ4n) is 1.78. The van der Waals surface area contributed by atoms with E-state index in [1.807, 2.05) is 0 Å². The van der Waals surface area contributed by atoms with E-state index >= 15 is 0 Å². The molecule has 0 saturated heterocycles. The van der Waals surface area contributed by atoms with Crippen molar-refractivity contribution < 1.29 is 26.3 Å². The fourth-order valence-corrected chi connectivity index (χ4v) is 2.95. The Morgan fingerprint density at radius 2 is 1.70 bits per heavy atom. The Bertz CT molecular complexity index is 796. The van der Waals surface area contributed by atoms with Crippen molar-refractivity contribution in [2.75, 3.05) is 20.2 Å². The first-order valence-electron chi connectivity index (χ1n) is 6.61. The molecule has 8 heteroatoms. The summed E-state index contributed by atoms with van der Waals surface area (Å²) in [5.41, 5.74) is 0. The normalized spacial score (nSPS) is 11.7. The van der Waals surface area contributed by atoms with Gasteiger partial charge in [0.15, 0.2) is 23.2 Å². The number of rotatable bonds is 6. The molecular weight excluding hydrogens is 331 g/mol. The smallest absolute Gasteiger partial charge is 0.243 e. The molecule has 0 heterocycles. The number of halogens is 3. The molecule has 0 bridgehead atoms. The molecule has 0 saturated carbocycles. The maximum atomic E-state index is 13.4. The summed E-state index contributed by atoms with van der Waals surface area (Å²) in [7, 11) is -2.72. The van der Waals surface area contributed by atoms with E-state index in [2.05, 4.69) is 0 Å². The van der Waals surface area contributed by atoms with Crippen LogP contribution in [0.1, 0.15) is 0 Å². The van der Waals surface area contributed by atoms with Gasteiger partial charge in [0, 0.05) is 13.6 Å². The molecule has 0 unspecified atom stereocenters. The molecule has 0 fully saturated rings. The van der Waals surface area contributed by atoms with Crippen LogP contribution < -0.4 is 4.74 Å². The van der Waals surface area contributed by atoms with E-state index in [-0.39, 0.29) is 23.8 Å². The van der Waals surface area contributed by atoms with Crippen molar-refractivity contribution in [1.29, 1.82) is 0 Å². The van der Waals surface area contributed by atoms with Gasteiger partial charge in [0.05, 0.1) is 4.90 Å². The van der Waals surface area contributed by atoms with Gasteiger partial charge in [0.25, 0.3) is 0 Å². The second-order valence-corrected chi connectivity index (χ2v) is 6.73. The molecule has 124 valence electrons. The van der Waals surface area contributed by atoms with Gasteiger partial charge in [-0.3, -0.25) is 0 Å². The lowest BCUT2D eigenvalue weighted by Crippen LogP contribution is -2.31. The molecule has 23 heavy (non-hydrogen) atoms. The van der Waals surface area contributed by atoms with Crippen molar-refractivity contribution in [2.24, 2.45) is 0 Å². The van der Waals surface area contributed by atoms with Crippen LogP contribution >= 0.6 is 0 Å². The summed E-state index contributed by atoms with van der Waals surface area (Å²) < 4.78 is 69.9. The largest absolute Gasteiger partial charge is 0.489 e. The van der Waals surface area contributed by atoms with E-state index in [1.165, 1.54) is 25.2 Å². The highest BCUT2D eigenvalue weighted by Crippen LogP contribution is 2.18. The van der Waals surface area contributed by atoms with Crippen molar-refractivity contribution in [2.45, 2.75) is 4.90 Å². The third-order valence-electron chi connectivity index (χ3n) is 3.10. The molecule has 0 radical (unpaired) electrons. The van der Waals surface area contributed by atoms with Gasteiger partial charge in [-0.1, -0.05) is 12.1 Å². The summed E-state index contributed by atoms with van der Waals surface area (Å²) >= 11 is 0. The SMILES string of the molecule is CN(CCOc1ccccc1F)S(=O)(=O)c1ccc(F)c(F)c1. The van der Waals surface area contributed by atoms with Gasteiger partial charge in [0.1, 0.15) is 6.61 Å². The molecule has 0 N–H and O–H groups in total. The highest BCUT2D eigenvalue weighted by molar-refractivity contribution is 7.89. The summed E-state index contributed by atoms with van der Waals surface area (Å²) in [6.45, 7) is -0.185. The minimum atomic E-state index is -3.99. The molecule has 0 aliphatic carbocycles. The van der Waals surface area contributed by atoms with Crippen molar-refractivity contribution in [3.05, 3.63) is 59.9 Å². The second-order valence-electron chi connectivity index (χ2n) is 4.68. The Labute approximate surface area is 132 Å². The summed E-state index contributed by atoms with van der Waals surface area (Å²) in [5, 5.41) is 0. The number of para-hydroxylation sites is 1. The molecule has 0 atom stereocenters. The highest BCUT2D eigenvalue weighted by Gasteiger charge is 2.22. The maximum Gasteiger partial charge on any atom is 0.243 e. The molecular formula is C15H14F3NO3S.